The molecule has 0 aliphatic heterocycles. The first kappa shape index (κ1) is 17.2. The van der Waals surface area contributed by atoms with Crippen LogP contribution in [0.1, 0.15) is 11.5 Å². The number of amides is 1. The second-order valence-electron chi connectivity index (χ2n) is 4.23. The van der Waals surface area contributed by atoms with Gasteiger partial charge in [-0.05, 0) is 63.0 Å². The van der Waals surface area contributed by atoms with Crippen LogP contribution in [0.25, 0.3) is 0 Å². The highest BCUT2D eigenvalue weighted by Crippen LogP contribution is 2.36. The summed E-state index contributed by atoms with van der Waals surface area (Å²) >= 11 is 10.1. The van der Waals surface area contributed by atoms with Gasteiger partial charge in [0.1, 0.15) is 17.3 Å². The van der Waals surface area contributed by atoms with Gasteiger partial charge in [0.25, 0.3) is 5.91 Å². The zero-order valence-electron chi connectivity index (χ0n) is 11.4. The van der Waals surface area contributed by atoms with E-state index in [4.69, 9.17) is 9.15 Å². The van der Waals surface area contributed by atoms with Crippen LogP contribution >= 0.6 is 47.8 Å². The summed E-state index contributed by atoms with van der Waals surface area (Å²) < 4.78 is 13.1. The van der Waals surface area contributed by atoms with Crippen LogP contribution in [0.5, 0.6) is 5.75 Å². The van der Waals surface area contributed by atoms with E-state index in [1.165, 1.54) is 6.21 Å². The maximum atomic E-state index is 11.7. The van der Waals surface area contributed by atoms with E-state index in [-0.39, 0.29) is 12.5 Å². The lowest BCUT2D eigenvalue weighted by Gasteiger charge is -2.09. The molecule has 1 aromatic carbocycles. The minimum atomic E-state index is -0.374. The number of hydrogen-bond donors (Lipinski definition) is 1. The smallest absolute Gasteiger partial charge is 0.277 e. The normalized spacial score (nSPS) is 10.9. The molecule has 1 N–H and O–H groups in total. The van der Waals surface area contributed by atoms with Gasteiger partial charge in [0.05, 0.1) is 15.2 Å². The van der Waals surface area contributed by atoms with Crippen LogP contribution in [0.15, 0.2) is 47.2 Å². The summed E-state index contributed by atoms with van der Waals surface area (Å²) in [6.45, 7) is 1.67. The van der Waals surface area contributed by atoms with Gasteiger partial charge in [0.2, 0.25) is 0 Å². The Hall–Kier alpha value is -1.12. The summed E-state index contributed by atoms with van der Waals surface area (Å²) in [6.07, 6.45) is 1.43. The second-order valence-corrected chi connectivity index (χ2v) is 6.85. The Morgan fingerprint density at radius 3 is 2.59 bits per heavy atom. The van der Waals surface area contributed by atoms with Gasteiger partial charge in [0, 0.05) is 4.47 Å². The molecule has 116 valence electrons. The van der Waals surface area contributed by atoms with Crippen molar-refractivity contribution in [2.45, 2.75) is 6.92 Å². The highest BCUT2D eigenvalue weighted by molar-refractivity contribution is 9.11. The number of carbonyl (C=O) groups excluding carboxylic acids is 1. The molecule has 0 aliphatic carbocycles. The third-order valence-corrected chi connectivity index (χ3v) is 4.09. The van der Waals surface area contributed by atoms with Crippen molar-refractivity contribution in [1.29, 1.82) is 0 Å². The van der Waals surface area contributed by atoms with Crippen molar-refractivity contribution in [3.63, 3.8) is 0 Å². The van der Waals surface area contributed by atoms with E-state index in [2.05, 4.69) is 58.3 Å². The molecule has 8 heteroatoms. The van der Waals surface area contributed by atoms with Crippen LogP contribution in [-0.4, -0.2) is 18.7 Å². The van der Waals surface area contributed by atoms with Gasteiger partial charge in [-0.15, -0.1) is 0 Å². The summed E-state index contributed by atoms with van der Waals surface area (Å²) in [5.41, 5.74) is 2.37. The molecule has 0 saturated heterocycles. The number of furan rings is 1. The number of nitrogens with zero attached hydrogens (tertiary/aromatic N) is 1. The second kappa shape index (κ2) is 7.94. The highest BCUT2D eigenvalue weighted by Gasteiger charge is 2.10. The number of halogens is 3. The lowest BCUT2D eigenvalue weighted by molar-refractivity contribution is -0.123. The zero-order chi connectivity index (χ0) is 16.1. The fourth-order valence-electron chi connectivity index (χ4n) is 1.53. The van der Waals surface area contributed by atoms with Crippen molar-refractivity contribution in [1.82, 2.24) is 5.43 Å². The average Bonchev–Trinajstić information content (AvgIpc) is 2.83. The van der Waals surface area contributed by atoms with Crippen molar-refractivity contribution in [2.75, 3.05) is 6.61 Å². The van der Waals surface area contributed by atoms with E-state index < -0.39 is 0 Å². The van der Waals surface area contributed by atoms with E-state index >= 15 is 0 Å². The standard InChI is InChI=1S/C14H11Br3N2O3/c1-8-2-3-10(22-8)6-18-19-13(20)7-21-14-11(16)4-9(15)5-12(14)17/h2-6H,7H2,1H3,(H,19,20). The number of hydrazone groups is 1. The fourth-order valence-corrected chi connectivity index (χ4v) is 4.02. The van der Waals surface area contributed by atoms with Crippen molar-refractivity contribution in [3.8, 4) is 5.75 Å². The maximum Gasteiger partial charge on any atom is 0.277 e. The predicted octanol–water partition coefficient (Wildman–Crippen LogP) is 4.40. The van der Waals surface area contributed by atoms with E-state index in [1.54, 1.807) is 6.07 Å². The van der Waals surface area contributed by atoms with Crippen LogP contribution in [0.2, 0.25) is 0 Å². The molecule has 1 aromatic heterocycles. The first-order valence-corrected chi connectivity index (χ1v) is 8.49. The Kier molecular flexibility index (Phi) is 6.22. The van der Waals surface area contributed by atoms with Gasteiger partial charge in [-0.25, -0.2) is 5.43 Å². The molecule has 0 atom stereocenters. The Balaban J connectivity index is 1.87. The Bertz CT molecular complexity index is 690. The molecule has 5 nitrogen and oxygen atoms in total. The zero-order valence-corrected chi connectivity index (χ0v) is 16.2. The number of carbonyl (C=O) groups is 1. The van der Waals surface area contributed by atoms with Crippen LogP contribution < -0.4 is 10.2 Å². The summed E-state index contributed by atoms with van der Waals surface area (Å²) in [7, 11) is 0. The monoisotopic (exact) mass is 492 g/mol. The van der Waals surface area contributed by atoms with Crippen LogP contribution in [-0.2, 0) is 4.79 Å². The van der Waals surface area contributed by atoms with Crippen molar-refractivity contribution in [2.24, 2.45) is 5.10 Å². The third kappa shape index (κ3) is 4.96. The van der Waals surface area contributed by atoms with Gasteiger partial charge < -0.3 is 9.15 Å². The van der Waals surface area contributed by atoms with E-state index in [0.29, 0.717) is 11.5 Å². The maximum absolute atomic E-state index is 11.7. The lowest BCUT2D eigenvalue weighted by atomic mass is 10.3. The number of benzene rings is 1. The molecule has 0 spiro atoms. The van der Waals surface area contributed by atoms with Gasteiger partial charge in [-0.1, -0.05) is 15.9 Å². The van der Waals surface area contributed by atoms with Gasteiger partial charge in [-0.2, -0.15) is 5.10 Å². The van der Waals surface area contributed by atoms with Crippen LogP contribution in [0, 0.1) is 6.92 Å². The van der Waals surface area contributed by atoms with Gasteiger partial charge >= 0.3 is 0 Å². The van der Waals surface area contributed by atoms with Gasteiger partial charge in [0.15, 0.2) is 6.61 Å². The summed E-state index contributed by atoms with van der Waals surface area (Å²) in [4.78, 5) is 11.7. The highest BCUT2D eigenvalue weighted by atomic mass is 79.9. The molecule has 2 aromatic rings. The predicted molar refractivity (Wildman–Crippen MR) is 94.2 cm³/mol. The first-order valence-electron chi connectivity index (χ1n) is 6.11. The molecule has 0 aliphatic rings. The summed E-state index contributed by atoms with van der Waals surface area (Å²) in [6, 6.07) is 7.23. The SMILES string of the molecule is Cc1ccc(C=NNC(=O)COc2c(Br)cc(Br)cc2Br)o1. The quantitative estimate of drug-likeness (QED) is 0.495. The van der Waals surface area contributed by atoms with E-state index in [9.17, 15) is 4.79 Å². The third-order valence-electron chi connectivity index (χ3n) is 2.45. The Morgan fingerprint density at radius 2 is 2.00 bits per heavy atom. The Morgan fingerprint density at radius 1 is 1.32 bits per heavy atom. The molecule has 2 rings (SSSR count). The first-order chi connectivity index (χ1) is 10.5. The number of rotatable bonds is 5. The molecule has 1 heterocycles. The number of aryl methyl sites for hydroxylation is 1. The minimum absolute atomic E-state index is 0.159. The Labute approximate surface area is 152 Å². The number of hydrogen-bond acceptors (Lipinski definition) is 4. The molecule has 0 saturated carbocycles. The molecule has 0 radical (unpaired) electrons. The molecular weight excluding hydrogens is 484 g/mol. The average molecular weight is 495 g/mol. The molecule has 0 unspecified atom stereocenters. The van der Waals surface area contributed by atoms with E-state index in [1.807, 2.05) is 25.1 Å². The molecular formula is C14H11Br3N2O3. The topological polar surface area (TPSA) is 63.8 Å². The number of ether oxygens (including phenoxy) is 1. The lowest BCUT2D eigenvalue weighted by Crippen LogP contribution is -2.24. The van der Waals surface area contributed by atoms with Crippen molar-refractivity contribution < 1.29 is 13.9 Å². The molecule has 0 fully saturated rings. The summed E-state index contributed by atoms with van der Waals surface area (Å²) in [5, 5.41) is 3.80. The van der Waals surface area contributed by atoms with Gasteiger partial charge in [-0.3, -0.25) is 4.79 Å². The largest absolute Gasteiger partial charge is 0.481 e. The molecule has 1 amide bonds. The van der Waals surface area contributed by atoms with E-state index in [0.717, 1.165) is 19.2 Å². The minimum Gasteiger partial charge on any atom is -0.481 e. The fraction of sp³-hybridized carbons (Fsp3) is 0.143. The molecule has 22 heavy (non-hydrogen) atoms. The number of nitrogens with one attached hydrogen (secondary N) is 1. The van der Waals surface area contributed by atoms with Crippen molar-refractivity contribution >= 4 is 59.9 Å². The van der Waals surface area contributed by atoms with Crippen LogP contribution in [0.3, 0.4) is 0 Å². The molecule has 0 bridgehead atoms. The summed E-state index contributed by atoms with van der Waals surface area (Å²) in [5.74, 6) is 1.52. The van der Waals surface area contributed by atoms with Crippen molar-refractivity contribution in [3.05, 3.63) is 49.2 Å². The van der Waals surface area contributed by atoms with Crippen LogP contribution in [0.4, 0.5) is 0 Å².